The Bertz CT molecular complexity index is 399. The minimum absolute atomic E-state index is 0. The van der Waals surface area contributed by atoms with Gasteiger partial charge in [0, 0.05) is 32.7 Å². The molecule has 0 aromatic heterocycles. The van der Waals surface area contributed by atoms with Gasteiger partial charge in [0.2, 0.25) is 5.91 Å². The Kier molecular flexibility index (Phi) is 6.28. The standard InChI is InChI=1S/C14H21N3O.ClH/c1-16(9-12-5-3-2-4-6-12)14(18)11-17-8-7-13(15)10-17;/h2-6,13H,7-11,15H2,1H3;1H. The minimum atomic E-state index is 0. The van der Waals surface area contributed by atoms with Crippen molar-refractivity contribution in [3.8, 4) is 0 Å². The van der Waals surface area contributed by atoms with E-state index in [1.807, 2.05) is 37.4 Å². The molecule has 0 bridgehead atoms. The molecule has 1 aliphatic heterocycles. The summed E-state index contributed by atoms with van der Waals surface area (Å²) in [7, 11) is 1.85. The number of nitrogens with zero attached hydrogens (tertiary/aromatic N) is 2. The molecule has 1 unspecified atom stereocenters. The lowest BCUT2D eigenvalue weighted by atomic mass is 10.2. The molecule has 0 saturated carbocycles. The summed E-state index contributed by atoms with van der Waals surface area (Å²) in [5.74, 6) is 0.160. The van der Waals surface area contributed by atoms with Gasteiger partial charge in [0.15, 0.2) is 0 Å². The van der Waals surface area contributed by atoms with Crippen molar-refractivity contribution in [2.24, 2.45) is 5.73 Å². The topological polar surface area (TPSA) is 49.6 Å². The number of carbonyl (C=O) groups excluding carboxylic acids is 1. The number of halogens is 1. The Hall–Kier alpha value is -1.10. The van der Waals surface area contributed by atoms with E-state index in [1.54, 1.807) is 4.90 Å². The van der Waals surface area contributed by atoms with Crippen molar-refractivity contribution < 1.29 is 4.79 Å². The molecule has 1 saturated heterocycles. The molecule has 1 aromatic rings. The number of likely N-dealkylation sites (N-methyl/N-ethyl adjacent to an activating group) is 1. The molecule has 0 aliphatic carbocycles. The third kappa shape index (κ3) is 4.82. The van der Waals surface area contributed by atoms with Crippen molar-refractivity contribution in [2.75, 3.05) is 26.7 Å². The fourth-order valence-electron chi connectivity index (χ4n) is 2.26. The highest BCUT2D eigenvalue weighted by molar-refractivity contribution is 5.85. The lowest BCUT2D eigenvalue weighted by molar-refractivity contribution is -0.131. The van der Waals surface area contributed by atoms with Gasteiger partial charge in [0.1, 0.15) is 0 Å². The van der Waals surface area contributed by atoms with E-state index in [0.29, 0.717) is 13.1 Å². The zero-order valence-electron chi connectivity index (χ0n) is 11.3. The maximum atomic E-state index is 12.1. The smallest absolute Gasteiger partial charge is 0.236 e. The molecule has 2 N–H and O–H groups in total. The van der Waals surface area contributed by atoms with Crippen molar-refractivity contribution >= 4 is 18.3 Å². The quantitative estimate of drug-likeness (QED) is 0.900. The summed E-state index contributed by atoms with van der Waals surface area (Å²) in [6.07, 6.45) is 0.996. The number of benzene rings is 1. The normalized spacial score (nSPS) is 18.9. The number of hydrogen-bond acceptors (Lipinski definition) is 3. The zero-order chi connectivity index (χ0) is 13.0. The Balaban J connectivity index is 0.00000180. The zero-order valence-corrected chi connectivity index (χ0v) is 12.1. The molecule has 1 fully saturated rings. The van der Waals surface area contributed by atoms with Crippen molar-refractivity contribution in [1.29, 1.82) is 0 Å². The number of amides is 1. The van der Waals surface area contributed by atoms with Gasteiger partial charge in [-0.25, -0.2) is 0 Å². The maximum absolute atomic E-state index is 12.1. The van der Waals surface area contributed by atoms with Crippen LogP contribution in [0.1, 0.15) is 12.0 Å². The molecule has 5 heteroatoms. The van der Waals surface area contributed by atoms with Crippen LogP contribution in [0.15, 0.2) is 30.3 Å². The number of likely N-dealkylation sites (tertiary alicyclic amines) is 1. The average molecular weight is 284 g/mol. The molecular formula is C14H22ClN3O. The van der Waals surface area contributed by atoms with Gasteiger partial charge < -0.3 is 10.6 Å². The van der Waals surface area contributed by atoms with Crippen molar-refractivity contribution in [3.05, 3.63) is 35.9 Å². The Morgan fingerprint density at radius 1 is 1.42 bits per heavy atom. The van der Waals surface area contributed by atoms with E-state index < -0.39 is 0 Å². The van der Waals surface area contributed by atoms with E-state index in [-0.39, 0.29) is 24.4 Å². The first kappa shape index (κ1) is 16.0. The van der Waals surface area contributed by atoms with E-state index >= 15 is 0 Å². The molecule has 19 heavy (non-hydrogen) atoms. The van der Waals surface area contributed by atoms with Gasteiger partial charge in [0.25, 0.3) is 0 Å². The molecule has 1 aromatic carbocycles. The molecule has 2 rings (SSSR count). The third-order valence-corrected chi connectivity index (χ3v) is 3.36. The summed E-state index contributed by atoms with van der Waals surface area (Å²) in [4.78, 5) is 16.0. The van der Waals surface area contributed by atoms with Gasteiger partial charge in [-0.1, -0.05) is 30.3 Å². The number of nitrogens with two attached hydrogens (primary N) is 1. The first-order valence-corrected chi connectivity index (χ1v) is 6.41. The second-order valence-corrected chi connectivity index (χ2v) is 5.02. The van der Waals surface area contributed by atoms with E-state index in [1.165, 1.54) is 0 Å². The summed E-state index contributed by atoms with van der Waals surface area (Å²) in [5, 5.41) is 0. The molecule has 1 heterocycles. The highest BCUT2D eigenvalue weighted by Crippen LogP contribution is 2.08. The van der Waals surface area contributed by atoms with Crippen LogP contribution in [-0.4, -0.2) is 48.4 Å². The predicted molar refractivity (Wildman–Crippen MR) is 79.2 cm³/mol. The average Bonchev–Trinajstić information content (AvgIpc) is 2.76. The van der Waals surface area contributed by atoms with Crippen LogP contribution in [0, 0.1) is 0 Å². The number of hydrogen-bond donors (Lipinski definition) is 1. The van der Waals surface area contributed by atoms with Crippen LogP contribution >= 0.6 is 12.4 Å². The van der Waals surface area contributed by atoms with Crippen molar-refractivity contribution in [2.45, 2.75) is 19.0 Å². The van der Waals surface area contributed by atoms with Gasteiger partial charge in [-0.2, -0.15) is 0 Å². The number of rotatable bonds is 4. The summed E-state index contributed by atoms with van der Waals surface area (Å²) in [6.45, 7) is 2.92. The first-order valence-electron chi connectivity index (χ1n) is 6.41. The van der Waals surface area contributed by atoms with Gasteiger partial charge in [0.05, 0.1) is 6.54 Å². The predicted octanol–water partition coefficient (Wildman–Crippen LogP) is 1.10. The highest BCUT2D eigenvalue weighted by atomic mass is 35.5. The van der Waals surface area contributed by atoms with Gasteiger partial charge >= 0.3 is 0 Å². The van der Waals surface area contributed by atoms with Crippen molar-refractivity contribution in [1.82, 2.24) is 9.80 Å². The molecule has 1 atom stereocenters. The van der Waals surface area contributed by atoms with E-state index in [0.717, 1.165) is 25.1 Å². The monoisotopic (exact) mass is 283 g/mol. The lowest BCUT2D eigenvalue weighted by Crippen LogP contribution is -2.38. The second-order valence-electron chi connectivity index (χ2n) is 5.02. The van der Waals surface area contributed by atoms with Crippen LogP contribution < -0.4 is 5.73 Å². The number of carbonyl (C=O) groups is 1. The fraction of sp³-hybridized carbons (Fsp3) is 0.500. The minimum Gasteiger partial charge on any atom is -0.340 e. The molecule has 4 nitrogen and oxygen atoms in total. The lowest BCUT2D eigenvalue weighted by Gasteiger charge is -2.21. The SMILES string of the molecule is CN(Cc1ccccc1)C(=O)CN1CCC(N)C1.Cl. The molecule has 106 valence electrons. The van der Waals surface area contributed by atoms with Crippen LogP contribution in [0.5, 0.6) is 0 Å². The fourth-order valence-corrected chi connectivity index (χ4v) is 2.26. The summed E-state index contributed by atoms with van der Waals surface area (Å²) < 4.78 is 0. The Morgan fingerprint density at radius 3 is 2.68 bits per heavy atom. The van der Waals surface area contributed by atoms with Gasteiger partial charge in [-0.15, -0.1) is 12.4 Å². The summed E-state index contributed by atoms with van der Waals surface area (Å²) in [6, 6.07) is 10.3. The second kappa shape index (κ2) is 7.48. The Morgan fingerprint density at radius 2 is 2.11 bits per heavy atom. The molecule has 1 amide bonds. The van der Waals surface area contributed by atoms with Gasteiger partial charge in [-0.3, -0.25) is 9.69 Å². The Labute approximate surface area is 121 Å². The molecular weight excluding hydrogens is 262 g/mol. The van der Waals surface area contributed by atoms with Crippen LogP contribution in [0.3, 0.4) is 0 Å². The van der Waals surface area contributed by atoms with Gasteiger partial charge in [-0.05, 0) is 12.0 Å². The van der Waals surface area contributed by atoms with Crippen LogP contribution in [0.25, 0.3) is 0 Å². The van der Waals surface area contributed by atoms with Crippen LogP contribution in [0.4, 0.5) is 0 Å². The van der Waals surface area contributed by atoms with Crippen LogP contribution in [0.2, 0.25) is 0 Å². The summed E-state index contributed by atoms with van der Waals surface area (Å²) >= 11 is 0. The maximum Gasteiger partial charge on any atom is 0.236 e. The first-order chi connectivity index (χ1) is 8.65. The molecule has 0 radical (unpaired) electrons. The molecule has 1 aliphatic rings. The third-order valence-electron chi connectivity index (χ3n) is 3.36. The van der Waals surface area contributed by atoms with E-state index in [4.69, 9.17) is 5.73 Å². The summed E-state index contributed by atoms with van der Waals surface area (Å²) in [5.41, 5.74) is 6.99. The van der Waals surface area contributed by atoms with E-state index in [9.17, 15) is 4.79 Å². The van der Waals surface area contributed by atoms with E-state index in [2.05, 4.69) is 4.90 Å². The molecule has 0 spiro atoms. The highest BCUT2D eigenvalue weighted by Gasteiger charge is 2.22. The van der Waals surface area contributed by atoms with Crippen molar-refractivity contribution in [3.63, 3.8) is 0 Å². The van der Waals surface area contributed by atoms with Crippen LogP contribution in [-0.2, 0) is 11.3 Å². The largest absolute Gasteiger partial charge is 0.340 e.